The topological polar surface area (TPSA) is 38.0 Å². The summed E-state index contributed by atoms with van der Waals surface area (Å²) in [6.07, 6.45) is 0. The van der Waals surface area contributed by atoms with E-state index in [1.54, 1.807) is 0 Å². The van der Waals surface area contributed by atoms with E-state index in [1.165, 1.54) is 21.6 Å². The molecule has 0 aromatic carbocycles. The van der Waals surface area contributed by atoms with Crippen molar-refractivity contribution in [1.82, 2.24) is 5.32 Å². The molecule has 0 aromatic rings. The van der Waals surface area contributed by atoms with Crippen molar-refractivity contribution in [2.45, 2.75) is 33.2 Å². The lowest BCUT2D eigenvalue weighted by Gasteiger charge is -2.31. The summed E-state index contributed by atoms with van der Waals surface area (Å²) < 4.78 is 1.13. The highest BCUT2D eigenvalue weighted by molar-refractivity contribution is 8.89. The predicted molar refractivity (Wildman–Crippen MR) is 76.6 cm³/mol. The van der Waals surface area contributed by atoms with Crippen LogP contribution in [0.1, 0.15) is 27.7 Å². The maximum atomic E-state index is 5.35. The molecule has 0 fully saturated rings. The average Bonchev–Trinajstić information content (AvgIpc) is 1.99. The highest BCUT2D eigenvalue weighted by atomic mass is 33.1. The number of nitrogens with one attached hydrogen (secondary N) is 1. The van der Waals surface area contributed by atoms with Gasteiger partial charge in [0.1, 0.15) is 8.64 Å². The summed E-state index contributed by atoms with van der Waals surface area (Å²) in [7, 11) is 2.71. The molecule has 0 saturated carbocycles. The molecule has 0 aliphatic rings. The van der Waals surface area contributed by atoms with Gasteiger partial charge in [-0.1, -0.05) is 38.3 Å². The molecule has 0 aliphatic carbocycles. The Morgan fingerprint density at radius 2 is 1.79 bits per heavy atom. The van der Waals surface area contributed by atoms with Crippen LogP contribution in [0.15, 0.2) is 0 Å². The first-order chi connectivity index (χ1) is 6.25. The lowest BCUT2D eigenvalue weighted by Crippen LogP contribution is -2.45. The van der Waals surface area contributed by atoms with Gasteiger partial charge >= 0.3 is 0 Å². The van der Waals surface area contributed by atoms with E-state index in [1.807, 2.05) is 0 Å². The Morgan fingerprint density at radius 3 is 2.14 bits per heavy atom. The lowest BCUT2D eigenvalue weighted by molar-refractivity contribution is 0.337. The Hall–Kier alpha value is 0.480. The van der Waals surface area contributed by atoms with Crippen molar-refractivity contribution in [1.29, 1.82) is 0 Å². The van der Waals surface area contributed by atoms with E-state index >= 15 is 0 Å². The van der Waals surface area contributed by atoms with Gasteiger partial charge in [-0.05, 0) is 41.4 Å². The molecule has 0 amide bonds. The van der Waals surface area contributed by atoms with Gasteiger partial charge < -0.3 is 11.1 Å². The molecule has 0 atom stereocenters. The molecule has 14 heavy (non-hydrogen) atoms. The van der Waals surface area contributed by atoms with Crippen molar-refractivity contribution in [2.24, 2.45) is 11.7 Å². The van der Waals surface area contributed by atoms with Gasteiger partial charge in [-0.25, -0.2) is 0 Å². The summed E-state index contributed by atoms with van der Waals surface area (Å²) in [6, 6.07) is 0. The van der Waals surface area contributed by atoms with Crippen LogP contribution >= 0.6 is 46.0 Å². The van der Waals surface area contributed by atoms with Crippen LogP contribution in [0, 0.1) is 5.92 Å². The molecule has 0 rings (SSSR count). The normalized spacial score (nSPS) is 11.5. The Bertz CT molecular complexity index is 225. The molecule has 3 N–H and O–H groups in total. The maximum Gasteiger partial charge on any atom is 0.145 e. The minimum atomic E-state index is 0.000854. The predicted octanol–water partition coefficient (Wildman–Crippen LogP) is 2.92. The third kappa shape index (κ3) is 6.06. The summed E-state index contributed by atoms with van der Waals surface area (Å²) in [6.45, 7) is 8.55. The summed E-state index contributed by atoms with van der Waals surface area (Å²) in [5.41, 5.74) is 5.35. The molecule has 82 valence electrons. The number of thiocarbonyl (C=S) groups is 2. The fourth-order valence-electron chi connectivity index (χ4n) is 0.507. The largest absolute Gasteiger partial charge is 0.384 e. The van der Waals surface area contributed by atoms with Crippen LogP contribution in [-0.2, 0) is 0 Å². The van der Waals surface area contributed by atoms with Gasteiger partial charge in [-0.15, -0.1) is 0 Å². The van der Waals surface area contributed by atoms with E-state index in [2.05, 4.69) is 33.0 Å². The van der Waals surface area contributed by atoms with E-state index < -0.39 is 0 Å². The number of rotatable bonds is 2. The van der Waals surface area contributed by atoms with Crippen molar-refractivity contribution < 1.29 is 0 Å². The van der Waals surface area contributed by atoms with E-state index in [0.717, 1.165) is 4.32 Å². The number of hydrogen-bond donors (Lipinski definition) is 2. The molecule has 0 aliphatic heterocycles. The second-order valence-corrected chi connectivity index (χ2v) is 7.32. The first-order valence-corrected chi connectivity index (χ1v) is 7.18. The average molecular weight is 268 g/mol. The molecule has 0 bridgehead atoms. The summed E-state index contributed by atoms with van der Waals surface area (Å²) in [4.78, 5) is 0. The van der Waals surface area contributed by atoms with Crippen molar-refractivity contribution in [3.8, 4) is 0 Å². The quantitative estimate of drug-likeness (QED) is 0.592. The van der Waals surface area contributed by atoms with E-state index in [-0.39, 0.29) is 5.54 Å². The zero-order chi connectivity index (χ0) is 11.4. The molecule has 0 heterocycles. The Morgan fingerprint density at radius 1 is 1.29 bits per heavy atom. The molecule has 0 unspecified atom stereocenters. The van der Waals surface area contributed by atoms with Crippen LogP contribution in [-0.4, -0.2) is 14.2 Å². The summed E-state index contributed by atoms with van der Waals surface area (Å²) in [5, 5.41) is 3.27. The van der Waals surface area contributed by atoms with Crippen LogP contribution in [0.2, 0.25) is 0 Å². The van der Waals surface area contributed by atoms with Crippen molar-refractivity contribution in [2.75, 3.05) is 0 Å². The fourth-order valence-corrected chi connectivity index (χ4v) is 2.44. The van der Waals surface area contributed by atoms with Crippen LogP contribution in [0.3, 0.4) is 0 Å². The van der Waals surface area contributed by atoms with Crippen molar-refractivity contribution in [3.63, 3.8) is 0 Å². The van der Waals surface area contributed by atoms with E-state index in [9.17, 15) is 0 Å². The minimum absolute atomic E-state index is 0.000854. The summed E-state index contributed by atoms with van der Waals surface area (Å²) in [5.74, 6) is 0.510. The minimum Gasteiger partial charge on any atom is -0.384 e. The monoisotopic (exact) mass is 268 g/mol. The first-order valence-electron chi connectivity index (χ1n) is 4.22. The summed E-state index contributed by atoms with van der Waals surface area (Å²) >= 11 is 9.89. The Labute approximate surface area is 105 Å². The van der Waals surface area contributed by atoms with Crippen molar-refractivity contribution >= 4 is 54.7 Å². The van der Waals surface area contributed by atoms with Gasteiger partial charge in [0.25, 0.3) is 0 Å². The first kappa shape index (κ1) is 14.5. The second-order valence-electron chi connectivity index (χ2n) is 3.77. The maximum absolute atomic E-state index is 5.35. The zero-order valence-electron chi connectivity index (χ0n) is 8.79. The third-order valence-corrected chi connectivity index (χ3v) is 5.09. The van der Waals surface area contributed by atoms with Crippen LogP contribution < -0.4 is 11.1 Å². The SMILES string of the molecule is CC(C)C(C)(C)NC(=S)SSC(N)=S. The molecular weight excluding hydrogens is 252 g/mol. The highest BCUT2D eigenvalue weighted by Gasteiger charge is 2.22. The van der Waals surface area contributed by atoms with Gasteiger partial charge in [-0.2, -0.15) is 0 Å². The van der Waals surface area contributed by atoms with Gasteiger partial charge in [0.15, 0.2) is 0 Å². The van der Waals surface area contributed by atoms with Crippen LogP contribution in [0.4, 0.5) is 0 Å². The highest BCUT2D eigenvalue weighted by Crippen LogP contribution is 2.24. The molecule has 0 saturated heterocycles. The number of hydrogen-bond acceptors (Lipinski definition) is 4. The zero-order valence-corrected chi connectivity index (χ0v) is 12.1. The van der Waals surface area contributed by atoms with Gasteiger partial charge in [0.05, 0.1) is 0 Å². The Balaban J connectivity index is 4.00. The third-order valence-electron chi connectivity index (χ3n) is 2.07. The smallest absolute Gasteiger partial charge is 0.145 e. The fraction of sp³-hybridized carbons (Fsp3) is 0.750. The molecular formula is C8H16N2S4. The van der Waals surface area contributed by atoms with Gasteiger partial charge in [-0.3, -0.25) is 0 Å². The van der Waals surface area contributed by atoms with Crippen LogP contribution in [0.5, 0.6) is 0 Å². The van der Waals surface area contributed by atoms with Crippen molar-refractivity contribution in [3.05, 3.63) is 0 Å². The molecule has 0 radical (unpaired) electrons. The van der Waals surface area contributed by atoms with E-state index in [0.29, 0.717) is 10.2 Å². The lowest BCUT2D eigenvalue weighted by atomic mass is 9.91. The van der Waals surface area contributed by atoms with Crippen LogP contribution in [0.25, 0.3) is 0 Å². The second kappa shape index (κ2) is 6.15. The molecule has 0 spiro atoms. The Kier molecular flexibility index (Phi) is 6.36. The van der Waals surface area contributed by atoms with E-state index in [4.69, 9.17) is 30.2 Å². The van der Waals surface area contributed by atoms with Gasteiger partial charge in [0, 0.05) is 5.54 Å². The molecule has 2 nitrogen and oxygen atoms in total. The molecule has 0 aromatic heterocycles. The standard InChI is InChI=1S/C8H16N2S4/c1-5(2)8(3,4)10-7(12)14-13-6(9)11/h5H,1-4H3,(H2,9,11)(H,10,12). The molecule has 6 heteroatoms. The number of nitrogens with two attached hydrogens (primary N) is 1. The van der Waals surface area contributed by atoms with Gasteiger partial charge in [0.2, 0.25) is 0 Å².